The monoisotopic (exact) mass is 489 g/mol. The maximum absolute atomic E-state index is 11.9. The van der Waals surface area contributed by atoms with Gasteiger partial charge in [0, 0.05) is 31.7 Å². The summed E-state index contributed by atoms with van der Waals surface area (Å²) in [6, 6.07) is 7.36. The van der Waals surface area contributed by atoms with Crippen molar-refractivity contribution in [1.29, 1.82) is 0 Å². The van der Waals surface area contributed by atoms with Crippen molar-refractivity contribution in [3.63, 3.8) is 0 Å². The van der Waals surface area contributed by atoms with Crippen LogP contribution in [0.25, 0.3) is 0 Å². The van der Waals surface area contributed by atoms with Gasteiger partial charge < -0.3 is 20.9 Å². The number of aliphatic imine (C=N–C) groups is 1. The molecule has 0 saturated heterocycles. The molecule has 2 amide bonds. The third-order valence-electron chi connectivity index (χ3n) is 3.30. The summed E-state index contributed by atoms with van der Waals surface area (Å²) in [6.45, 7) is 9.09. The summed E-state index contributed by atoms with van der Waals surface area (Å²) < 4.78 is 0. The molecule has 0 fully saturated rings. The Hall–Kier alpha value is -1.84. The third-order valence-corrected chi connectivity index (χ3v) is 3.30. The number of hydrogen-bond acceptors (Lipinski definition) is 3. The molecule has 0 radical (unpaired) electrons. The third kappa shape index (κ3) is 10.2. The van der Waals surface area contributed by atoms with Crippen molar-refractivity contribution in [3.8, 4) is 0 Å². The number of carbonyl (C=O) groups is 2. The average molecular weight is 489 g/mol. The van der Waals surface area contributed by atoms with E-state index >= 15 is 0 Å². The van der Waals surface area contributed by atoms with Crippen molar-refractivity contribution in [1.82, 2.24) is 20.9 Å². The fourth-order valence-corrected chi connectivity index (χ4v) is 2.15. The molecular formula is C19H32IN5O2. The Labute approximate surface area is 179 Å². The molecule has 0 heterocycles. The number of rotatable bonds is 6. The lowest BCUT2D eigenvalue weighted by Crippen LogP contribution is -2.48. The van der Waals surface area contributed by atoms with E-state index < -0.39 is 0 Å². The van der Waals surface area contributed by atoms with E-state index in [2.05, 4.69) is 20.9 Å². The minimum absolute atomic E-state index is 0. The van der Waals surface area contributed by atoms with E-state index in [1.165, 1.54) is 0 Å². The highest BCUT2D eigenvalue weighted by Gasteiger charge is 2.13. The number of halogens is 1. The second-order valence-electron chi connectivity index (χ2n) is 7.24. The molecule has 1 rings (SSSR count). The van der Waals surface area contributed by atoms with Crippen LogP contribution in [0.3, 0.4) is 0 Å². The van der Waals surface area contributed by atoms with E-state index in [0.29, 0.717) is 24.6 Å². The van der Waals surface area contributed by atoms with Crippen LogP contribution in [0.4, 0.5) is 0 Å². The molecule has 1 aromatic rings. The second kappa shape index (κ2) is 11.8. The smallest absolute Gasteiger partial charge is 0.253 e. The molecule has 7 nitrogen and oxygen atoms in total. The van der Waals surface area contributed by atoms with Crippen molar-refractivity contribution in [2.45, 2.75) is 39.8 Å². The van der Waals surface area contributed by atoms with Crippen molar-refractivity contribution >= 4 is 41.8 Å². The molecule has 0 spiro atoms. The van der Waals surface area contributed by atoms with E-state index in [1.807, 2.05) is 39.8 Å². The van der Waals surface area contributed by atoms with Crippen LogP contribution in [0.1, 0.15) is 43.6 Å². The number of hydrogen-bond donors (Lipinski definition) is 3. The standard InChI is InChI=1S/C19H31N5O2.HI/c1-7-20-18(22-13-16(25)23-19(2,3)4)21-12-14-8-10-15(11-9-14)17(26)24(5)6;/h8-11H,7,12-13H2,1-6H3,(H,23,25)(H2,20,21,22);1H. The molecule has 0 aliphatic heterocycles. The largest absolute Gasteiger partial charge is 0.357 e. The van der Waals surface area contributed by atoms with Gasteiger partial charge in [-0.05, 0) is 45.4 Å². The van der Waals surface area contributed by atoms with Gasteiger partial charge in [0.1, 0.15) is 0 Å². The summed E-state index contributed by atoms with van der Waals surface area (Å²) in [5, 5.41) is 9.03. The van der Waals surface area contributed by atoms with Gasteiger partial charge in [-0.1, -0.05) is 12.1 Å². The van der Waals surface area contributed by atoms with Crippen LogP contribution in [0.2, 0.25) is 0 Å². The molecule has 0 aliphatic carbocycles. The molecule has 0 aliphatic rings. The molecule has 0 saturated carbocycles. The molecule has 0 bridgehead atoms. The quantitative estimate of drug-likeness (QED) is 0.324. The predicted molar refractivity (Wildman–Crippen MR) is 121 cm³/mol. The molecule has 1 aromatic carbocycles. The minimum atomic E-state index is -0.264. The van der Waals surface area contributed by atoms with Crippen LogP contribution in [-0.2, 0) is 11.3 Å². The minimum Gasteiger partial charge on any atom is -0.357 e. The van der Waals surface area contributed by atoms with Gasteiger partial charge in [0.2, 0.25) is 5.91 Å². The fraction of sp³-hybridized carbons (Fsp3) is 0.526. The highest BCUT2D eigenvalue weighted by atomic mass is 127. The van der Waals surface area contributed by atoms with Crippen LogP contribution in [0.15, 0.2) is 29.3 Å². The van der Waals surface area contributed by atoms with Crippen molar-refractivity contribution in [3.05, 3.63) is 35.4 Å². The lowest BCUT2D eigenvalue weighted by molar-refractivity contribution is -0.121. The van der Waals surface area contributed by atoms with Gasteiger partial charge in [0.15, 0.2) is 5.96 Å². The molecule has 0 unspecified atom stereocenters. The number of guanidine groups is 1. The molecule has 27 heavy (non-hydrogen) atoms. The SMILES string of the molecule is CCNC(=NCc1ccc(C(=O)N(C)C)cc1)NCC(=O)NC(C)(C)C.I. The summed E-state index contributed by atoms with van der Waals surface area (Å²) in [7, 11) is 3.45. The summed E-state index contributed by atoms with van der Waals surface area (Å²) in [5.74, 6) is 0.458. The number of amides is 2. The van der Waals surface area contributed by atoms with Gasteiger partial charge in [-0.2, -0.15) is 0 Å². The van der Waals surface area contributed by atoms with Gasteiger partial charge in [0.05, 0.1) is 13.1 Å². The first-order chi connectivity index (χ1) is 12.1. The van der Waals surface area contributed by atoms with E-state index in [0.717, 1.165) is 5.56 Å². The number of carbonyl (C=O) groups excluding carboxylic acids is 2. The highest BCUT2D eigenvalue weighted by molar-refractivity contribution is 14.0. The van der Waals surface area contributed by atoms with Crippen LogP contribution in [0.5, 0.6) is 0 Å². The molecule has 152 valence electrons. The Balaban J connectivity index is 0.00000676. The summed E-state index contributed by atoms with van der Waals surface area (Å²) in [4.78, 5) is 29.8. The fourth-order valence-electron chi connectivity index (χ4n) is 2.15. The number of nitrogens with zero attached hydrogens (tertiary/aromatic N) is 2. The van der Waals surface area contributed by atoms with E-state index in [-0.39, 0.29) is 47.9 Å². The number of benzene rings is 1. The Morgan fingerprint density at radius 3 is 2.15 bits per heavy atom. The van der Waals surface area contributed by atoms with Crippen molar-refractivity contribution in [2.75, 3.05) is 27.2 Å². The van der Waals surface area contributed by atoms with Gasteiger partial charge in [-0.3, -0.25) is 9.59 Å². The zero-order valence-corrected chi connectivity index (χ0v) is 19.4. The predicted octanol–water partition coefficient (Wildman–Crippen LogP) is 1.98. The van der Waals surface area contributed by atoms with Crippen LogP contribution >= 0.6 is 24.0 Å². The van der Waals surface area contributed by atoms with E-state index in [1.54, 1.807) is 31.1 Å². The Bertz CT molecular complexity index is 636. The normalized spacial score (nSPS) is 11.3. The zero-order valence-electron chi connectivity index (χ0n) is 17.0. The topological polar surface area (TPSA) is 85.8 Å². The van der Waals surface area contributed by atoms with E-state index in [4.69, 9.17) is 0 Å². The second-order valence-corrected chi connectivity index (χ2v) is 7.24. The van der Waals surface area contributed by atoms with Gasteiger partial charge in [0.25, 0.3) is 5.91 Å². The maximum atomic E-state index is 11.9. The van der Waals surface area contributed by atoms with Crippen molar-refractivity contribution in [2.24, 2.45) is 4.99 Å². The van der Waals surface area contributed by atoms with Crippen LogP contribution in [0, 0.1) is 0 Å². The summed E-state index contributed by atoms with van der Waals surface area (Å²) in [6.07, 6.45) is 0. The van der Waals surface area contributed by atoms with E-state index in [9.17, 15) is 9.59 Å². The first-order valence-electron chi connectivity index (χ1n) is 8.76. The molecule has 0 aromatic heterocycles. The van der Waals surface area contributed by atoms with Gasteiger partial charge in [-0.25, -0.2) is 4.99 Å². The lowest BCUT2D eigenvalue weighted by Gasteiger charge is -2.21. The average Bonchev–Trinajstić information content (AvgIpc) is 2.55. The van der Waals surface area contributed by atoms with Gasteiger partial charge in [-0.15, -0.1) is 24.0 Å². The first kappa shape index (κ1) is 25.2. The Morgan fingerprint density at radius 1 is 1.07 bits per heavy atom. The van der Waals surface area contributed by atoms with Crippen LogP contribution < -0.4 is 16.0 Å². The Morgan fingerprint density at radius 2 is 1.67 bits per heavy atom. The van der Waals surface area contributed by atoms with Gasteiger partial charge >= 0.3 is 0 Å². The maximum Gasteiger partial charge on any atom is 0.253 e. The summed E-state index contributed by atoms with van der Waals surface area (Å²) in [5.41, 5.74) is 1.36. The lowest BCUT2D eigenvalue weighted by atomic mass is 10.1. The Kier molecular flexibility index (Phi) is 11.0. The summed E-state index contributed by atoms with van der Waals surface area (Å²) >= 11 is 0. The number of nitrogens with one attached hydrogen (secondary N) is 3. The molecule has 3 N–H and O–H groups in total. The van der Waals surface area contributed by atoms with Crippen molar-refractivity contribution < 1.29 is 9.59 Å². The van der Waals surface area contributed by atoms with Crippen LogP contribution in [-0.4, -0.2) is 55.4 Å². The highest BCUT2D eigenvalue weighted by Crippen LogP contribution is 2.07. The molecule has 8 heteroatoms. The molecular weight excluding hydrogens is 457 g/mol. The zero-order chi connectivity index (χ0) is 19.7. The first-order valence-corrected chi connectivity index (χ1v) is 8.76. The molecule has 0 atom stereocenters.